The molecule has 4 rings (SSSR count). The first kappa shape index (κ1) is 20.0. The molecule has 2 aliphatic rings. The molecular formula is C29H29N. The summed E-state index contributed by atoms with van der Waals surface area (Å²) in [6, 6.07) is 15.7. The Morgan fingerprint density at radius 1 is 0.800 bits per heavy atom. The van der Waals surface area contributed by atoms with Crippen LogP contribution in [0.4, 0.5) is 5.69 Å². The molecule has 0 saturated heterocycles. The smallest absolute Gasteiger partial charge is 0.0488 e. The molecule has 0 fully saturated rings. The summed E-state index contributed by atoms with van der Waals surface area (Å²) < 4.78 is 0. The summed E-state index contributed by atoms with van der Waals surface area (Å²) in [7, 11) is 2.17. The van der Waals surface area contributed by atoms with Gasteiger partial charge < -0.3 is 4.90 Å². The Bertz CT molecular complexity index is 1090. The van der Waals surface area contributed by atoms with Crippen molar-refractivity contribution in [1.29, 1.82) is 0 Å². The summed E-state index contributed by atoms with van der Waals surface area (Å²) in [5.41, 5.74) is 8.90. The second kappa shape index (κ2) is 9.45. The fourth-order valence-corrected chi connectivity index (χ4v) is 3.98. The summed E-state index contributed by atoms with van der Waals surface area (Å²) in [5.74, 6) is 0. The van der Waals surface area contributed by atoms with Crippen LogP contribution in [0.1, 0.15) is 30.4 Å². The Balaban J connectivity index is 1.81. The van der Waals surface area contributed by atoms with Gasteiger partial charge in [0.15, 0.2) is 0 Å². The van der Waals surface area contributed by atoms with Gasteiger partial charge in [0.1, 0.15) is 0 Å². The van der Waals surface area contributed by atoms with Crippen LogP contribution in [0.2, 0.25) is 0 Å². The van der Waals surface area contributed by atoms with Crippen molar-refractivity contribution in [3.63, 3.8) is 0 Å². The van der Waals surface area contributed by atoms with Crippen LogP contribution in [-0.2, 0) is 0 Å². The molecule has 0 saturated carbocycles. The van der Waals surface area contributed by atoms with Gasteiger partial charge in [-0.05, 0) is 61.1 Å². The van der Waals surface area contributed by atoms with Crippen LogP contribution in [0.25, 0.3) is 16.7 Å². The molecule has 150 valence electrons. The first-order valence-electron chi connectivity index (χ1n) is 10.7. The zero-order valence-electron chi connectivity index (χ0n) is 17.9. The lowest BCUT2D eigenvalue weighted by Gasteiger charge is -2.25. The fourth-order valence-electron chi connectivity index (χ4n) is 3.98. The van der Waals surface area contributed by atoms with Crippen LogP contribution >= 0.6 is 0 Å². The predicted octanol–water partition coefficient (Wildman–Crippen LogP) is 7.79. The average molecular weight is 392 g/mol. The maximum Gasteiger partial charge on any atom is 0.0488 e. The lowest BCUT2D eigenvalue weighted by molar-refractivity contribution is 1.01. The highest BCUT2D eigenvalue weighted by Crippen LogP contribution is 2.36. The van der Waals surface area contributed by atoms with Crippen molar-refractivity contribution < 1.29 is 0 Å². The molecule has 2 aliphatic carbocycles. The number of nitrogens with zero attached hydrogens (tertiary/aromatic N) is 1. The van der Waals surface area contributed by atoms with E-state index in [0.717, 1.165) is 19.3 Å². The van der Waals surface area contributed by atoms with E-state index in [-0.39, 0.29) is 0 Å². The number of hydrogen-bond acceptors (Lipinski definition) is 1. The van der Waals surface area contributed by atoms with E-state index in [9.17, 15) is 0 Å². The van der Waals surface area contributed by atoms with Gasteiger partial charge >= 0.3 is 0 Å². The van der Waals surface area contributed by atoms with Crippen LogP contribution in [0, 0.1) is 6.92 Å². The van der Waals surface area contributed by atoms with Crippen LogP contribution in [-0.4, -0.2) is 7.05 Å². The SMILES string of the molecule is Cc1cccc(-c2cc(C3=CC=CC=CC3)ccc2N(C)C2=C/CC/C=C/C=C\2)c1. The molecule has 0 unspecified atom stereocenters. The molecule has 1 nitrogen and oxygen atoms in total. The van der Waals surface area contributed by atoms with Gasteiger partial charge in [0.05, 0.1) is 0 Å². The number of likely N-dealkylation sites (N-methyl/N-ethyl adjacent to an activating group) is 1. The molecule has 0 N–H and O–H groups in total. The van der Waals surface area contributed by atoms with E-state index in [1.165, 1.54) is 39.2 Å². The Hall–Kier alpha value is -3.32. The van der Waals surface area contributed by atoms with Gasteiger partial charge in [-0.25, -0.2) is 0 Å². The summed E-state index contributed by atoms with van der Waals surface area (Å²) in [6.45, 7) is 2.16. The minimum Gasteiger partial charge on any atom is -0.344 e. The number of hydrogen-bond donors (Lipinski definition) is 0. The molecule has 0 atom stereocenters. The molecule has 0 bridgehead atoms. The van der Waals surface area contributed by atoms with E-state index in [4.69, 9.17) is 0 Å². The van der Waals surface area contributed by atoms with Gasteiger partial charge in [-0.3, -0.25) is 0 Å². The Labute approximate surface area is 180 Å². The van der Waals surface area contributed by atoms with Crippen LogP contribution in [0.5, 0.6) is 0 Å². The molecule has 0 spiro atoms. The molecule has 0 heterocycles. The maximum atomic E-state index is 2.35. The highest BCUT2D eigenvalue weighted by atomic mass is 15.1. The molecule has 0 aromatic heterocycles. The Morgan fingerprint density at radius 3 is 2.60 bits per heavy atom. The van der Waals surface area contributed by atoms with E-state index in [2.05, 4.69) is 122 Å². The number of rotatable bonds is 4. The maximum absolute atomic E-state index is 2.35. The zero-order valence-corrected chi connectivity index (χ0v) is 17.9. The van der Waals surface area contributed by atoms with Crippen LogP contribution in [0.15, 0.2) is 109 Å². The minimum atomic E-state index is 0.954. The van der Waals surface area contributed by atoms with E-state index in [1.807, 2.05) is 0 Å². The van der Waals surface area contributed by atoms with Gasteiger partial charge in [0.2, 0.25) is 0 Å². The van der Waals surface area contributed by atoms with Gasteiger partial charge in [-0.1, -0.05) is 90.6 Å². The van der Waals surface area contributed by atoms with Crippen molar-refractivity contribution in [2.75, 3.05) is 11.9 Å². The van der Waals surface area contributed by atoms with Gasteiger partial charge in [0.25, 0.3) is 0 Å². The average Bonchev–Trinajstić information content (AvgIpc) is 3.02. The summed E-state index contributed by atoms with van der Waals surface area (Å²) >= 11 is 0. The van der Waals surface area contributed by atoms with E-state index in [0.29, 0.717) is 0 Å². The zero-order chi connectivity index (χ0) is 20.8. The van der Waals surface area contributed by atoms with E-state index >= 15 is 0 Å². The predicted molar refractivity (Wildman–Crippen MR) is 131 cm³/mol. The molecule has 0 radical (unpaired) electrons. The minimum absolute atomic E-state index is 0.954. The number of aryl methyl sites for hydroxylation is 1. The van der Waals surface area contributed by atoms with Crippen LogP contribution < -0.4 is 4.90 Å². The van der Waals surface area contributed by atoms with Gasteiger partial charge in [-0.15, -0.1) is 0 Å². The lowest BCUT2D eigenvalue weighted by Crippen LogP contribution is -2.16. The Kier molecular flexibility index (Phi) is 6.29. The van der Waals surface area contributed by atoms with Crippen molar-refractivity contribution in [2.45, 2.75) is 26.2 Å². The highest BCUT2D eigenvalue weighted by molar-refractivity contribution is 5.84. The van der Waals surface area contributed by atoms with Crippen molar-refractivity contribution in [1.82, 2.24) is 0 Å². The van der Waals surface area contributed by atoms with Gasteiger partial charge in [-0.2, -0.15) is 0 Å². The van der Waals surface area contributed by atoms with Crippen molar-refractivity contribution in [3.8, 4) is 11.1 Å². The molecule has 30 heavy (non-hydrogen) atoms. The van der Waals surface area contributed by atoms with Crippen molar-refractivity contribution in [3.05, 3.63) is 120 Å². The standard InChI is InChI=1S/C29H29N/c1-23-13-12-16-26(21-23)28-22-25(24-14-8-6-7-9-15-24)19-20-29(28)30(2)27-17-10-4-3-5-11-18-27/h3-4,6-10,12-14,16-22H,5,11,15H2,1-2H3/b4-3+,17-10-,27-18+. The molecular weight excluding hydrogens is 362 g/mol. The summed E-state index contributed by atoms with van der Waals surface area (Å²) in [5, 5.41) is 0. The molecule has 1 heteroatoms. The normalized spacial score (nSPS) is 19.7. The lowest BCUT2D eigenvalue weighted by atomic mass is 9.94. The van der Waals surface area contributed by atoms with Crippen molar-refractivity contribution in [2.24, 2.45) is 0 Å². The summed E-state index contributed by atoms with van der Waals surface area (Å²) in [6.07, 6.45) is 24.9. The highest BCUT2D eigenvalue weighted by Gasteiger charge is 2.14. The first-order chi connectivity index (χ1) is 14.7. The van der Waals surface area contributed by atoms with Gasteiger partial charge in [0, 0.05) is 24.0 Å². The van der Waals surface area contributed by atoms with E-state index in [1.54, 1.807) is 0 Å². The largest absolute Gasteiger partial charge is 0.344 e. The second-order valence-electron chi connectivity index (χ2n) is 7.86. The first-order valence-corrected chi connectivity index (χ1v) is 10.7. The number of benzene rings is 2. The summed E-state index contributed by atoms with van der Waals surface area (Å²) in [4.78, 5) is 2.32. The third-order valence-corrected chi connectivity index (χ3v) is 5.64. The molecule has 0 amide bonds. The monoisotopic (exact) mass is 391 g/mol. The Morgan fingerprint density at radius 2 is 1.70 bits per heavy atom. The third kappa shape index (κ3) is 4.63. The van der Waals surface area contributed by atoms with Crippen molar-refractivity contribution >= 4 is 11.3 Å². The topological polar surface area (TPSA) is 3.24 Å². The molecule has 2 aromatic rings. The molecule has 0 aliphatic heterocycles. The number of allylic oxidation sites excluding steroid dienone is 11. The molecule has 2 aromatic carbocycles. The number of anilines is 1. The fraction of sp³-hybridized carbons (Fsp3) is 0.172. The third-order valence-electron chi connectivity index (χ3n) is 5.64. The van der Waals surface area contributed by atoms with Crippen LogP contribution in [0.3, 0.4) is 0 Å². The quantitative estimate of drug-likeness (QED) is 0.514. The second-order valence-corrected chi connectivity index (χ2v) is 7.86. The van der Waals surface area contributed by atoms with E-state index < -0.39 is 0 Å².